The summed E-state index contributed by atoms with van der Waals surface area (Å²) >= 11 is 0. The molecule has 0 spiro atoms. The Labute approximate surface area is 161 Å². The normalized spacial score (nSPS) is 17.5. The van der Waals surface area contributed by atoms with Crippen molar-refractivity contribution in [3.63, 3.8) is 0 Å². The van der Waals surface area contributed by atoms with Crippen LogP contribution in [0.3, 0.4) is 0 Å². The van der Waals surface area contributed by atoms with Crippen molar-refractivity contribution < 1.29 is 22.7 Å². The highest BCUT2D eigenvalue weighted by atomic mass is 32.2. The van der Waals surface area contributed by atoms with Crippen LogP contribution in [0.4, 0.5) is 5.69 Å². The van der Waals surface area contributed by atoms with Gasteiger partial charge in [0.2, 0.25) is 0 Å². The van der Waals surface area contributed by atoms with Gasteiger partial charge in [0.1, 0.15) is 10.6 Å². The van der Waals surface area contributed by atoms with Crippen molar-refractivity contribution in [2.45, 2.75) is 10.9 Å². The van der Waals surface area contributed by atoms with Gasteiger partial charge >= 0.3 is 0 Å². The van der Waals surface area contributed by atoms with Crippen LogP contribution in [0.2, 0.25) is 0 Å². The van der Waals surface area contributed by atoms with Gasteiger partial charge < -0.3 is 20.3 Å². The maximum atomic E-state index is 12.8. The van der Waals surface area contributed by atoms with Crippen molar-refractivity contribution in [2.75, 3.05) is 25.5 Å². The summed E-state index contributed by atoms with van der Waals surface area (Å²) in [5, 5.41) is 5.43. The first-order chi connectivity index (χ1) is 13.3. The molecule has 2 aliphatic rings. The summed E-state index contributed by atoms with van der Waals surface area (Å²) < 4.78 is 31.6. The Morgan fingerprint density at radius 3 is 2.79 bits per heavy atom. The monoisotopic (exact) mass is 402 g/mol. The molecular formula is C18H18N4O5S. The standard InChI is InChI=1S/C18H18N4O5S/c1-11(27-2)21-9-13(10-21)19-17(23)12-5-6-16-14(8-12)20-18(24)15-4-3-7-22(15)28(16,25)26/h3-8,13H,1,9-10H2,2H3,(H,19,23)(H,20,24). The molecule has 0 aliphatic carbocycles. The molecule has 0 atom stereocenters. The first-order valence-electron chi connectivity index (χ1n) is 8.48. The molecule has 1 saturated heterocycles. The number of likely N-dealkylation sites (tertiary alicyclic amines) is 1. The van der Waals surface area contributed by atoms with Crippen LogP contribution in [0.25, 0.3) is 0 Å². The van der Waals surface area contributed by atoms with E-state index < -0.39 is 15.9 Å². The molecule has 9 nitrogen and oxygen atoms in total. The lowest BCUT2D eigenvalue weighted by atomic mass is 10.1. The van der Waals surface area contributed by atoms with E-state index in [1.54, 1.807) is 0 Å². The third kappa shape index (κ3) is 2.82. The third-order valence-electron chi connectivity index (χ3n) is 4.78. The lowest BCUT2D eigenvalue weighted by molar-refractivity contribution is 0.0663. The Bertz CT molecular complexity index is 1100. The molecule has 4 rings (SSSR count). The quantitative estimate of drug-likeness (QED) is 0.733. The van der Waals surface area contributed by atoms with Gasteiger partial charge in [-0.15, -0.1) is 0 Å². The number of aromatic nitrogens is 1. The minimum atomic E-state index is -3.93. The summed E-state index contributed by atoms with van der Waals surface area (Å²) in [5.74, 6) is -0.379. The summed E-state index contributed by atoms with van der Waals surface area (Å²) in [6.07, 6.45) is 1.32. The van der Waals surface area contributed by atoms with Crippen molar-refractivity contribution in [1.82, 2.24) is 14.2 Å². The Hall–Kier alpha value is -3.27. The molecule has 1 fully saturated rings. The van der Waals surface area contributed by atoms with Crippen molar-refractivity contribution in [1.29, 1.82) is 0 Å². The minimum absolute atomic E-state index is 0.00938. The van der Waals surface area contributed by atoms with Crippen LogP contribution in [0.1, 0.15) is 20.8 Å². The summed E-state index contributed by atoms with van der Waals surface area (Å²) in [6.45, 7) is 4.90. The van der Waals surface area contributed by atoms with Gasteiger partial charge in [0.25, 0.3) is 21.8 Å². The first-order valence-corrected chi connectivity index (χ1v) is 9.92. The maximum Gasteiger partial charge on any atom is 0.273 e. The Morgan fingerprint density at radius 1 is 1.32 bits per heavy atom. The first kappa shape index (κ1) is 18.1. The number of ether oxygens (including phenoxy) is 1. The predicted octanol–water partition coefficient (Wildman–Crippen LogP) is 0.822. The molecule has 0 unspecified atom stereocenters. The number of rotatable bonds is 4. The SMILES string of the molecule is C=C(OC)N1CC(NC(=O)c2ccc3c(c2)NC(=O)c2cccn2S3(=O)=O)C1. The van der Waals surface area contributed by atoms with Crippen LogP contribution >= 0.6 is 0 Å². The zero-order chi connectivity index (χ0) is 20.1. The number of carbonyl (C=O) groups excluding carboxylic acids is 2. The second-order valence-corrected chi connectivity index (χ2v) is 8.32. The number of amides is 2. The van der Waals surface area contributed by atoms with Crippen molar-refractivity contribution in [3.8, 4) is 0 Å². The van der Waals surface area contributed by atoms with Gasteiger partial charge in [-0.25, -0.2) is 12.4 Å². The van der Waals surface area contributed by atoms with E-state index in [0.717, 1.165) is 3.97 Å². The molecule has 3 heterocycles. The van der Waals surface area contributed by atoms with E-state index in [1.165, 1.54) is 43.6 Å². The fourth-order valence-corrected chi connectivity index (χ4v) is 4.68. The van der Waals surface area contributed by atoms with E-state index in [1.807, 2.05) is 4.90 Å². The van der Waals surface area contributed by atoms with E-state index in [9.17, 15) is 18.0 Å². The van der Waals surface area contributed by atoms with Gasteiger partial charge in [0, 0.05) is 24.8 Å². The molecule has 146 valence electrons. The number of anilines is 1. The van der Waals surface area contributed by atoms with Crippen LogP contribution in [0, 0.1) is 0 Å². The van der Waals surface area contributed by atoms with E-state index in [0.29, 0.717) is 19.0 Å². The Balaban J connectivity index is 1.56. The lowest BCUT2D eigenvalue weighted by Gasteiger charge is -2.41. The Kier molecular flexibility index (Phi) is 4.15. The molecule has 1 aromatic heterocycles. The van der Waals surface area contributed by atoms with E-state index in [2.05, 4.69) is 17.2 Å². The topological polar surface area (TPSA) is 110 Å². The number of nitrogens with one attached hydrogen (secondary N) is 2. The van der Waals surface area contributed by atoms with Crippen LogP contribution in [-0.2, 0) is 14.8 Å². The molecule has 2 aromatic rings. The number of hydrogen-bond acceptors (Lipinski definition) is 6. The summed E-state index contributed by atoms with van der Waals surface area (Å²) in [4.78, 5) is 26.7. The third-order valence-corrected chi connectivity index (χ3v) is 6.53. The number of fused-ring (bicyclic) bond motifs is 2. The number of carbonyl (C=O) groups is 2. The van der Waals surface area contributed by atoms with E-state index in [4.69, 9.17) is 4.74 Å². The zero-order valence-corrected chi connectivity index (χ0v) is 15.8. The molecule has 0 bridgehead atoms. The number of hydrogen-bond donors (Lipinski definition) is 2. The highest BCUT2D eigenvalue weighted by Gasteiger charge is 2.32. The van der Waals surface area contributed by atoms with Crippen LogP contribution in [-0.4, -0.2) is 55.3 Å². The van der Waals surface area contributed by atoms with Crippen LogP contribution in [0.15, 0.2) is 53.9 Å². The van der Waals surface area contributed by atoms with E-state index in [-0.39, 0.29) is 33.8 Å². The van der Waals surface area contributed by atoms with Gasteiger partial charge in [0.15, 0.2) is 5.88 Å². The molecule has 28 heavy (non-hydrogen) atoms. The van der Waals surface area contributed by atoms with Gasteiger partial charge in [-0.2, -0.15) is 0 Å². The second-order valence-electron chi connectivity index (χ2n) is 6.53. The van der Waals surface area contributed by atoms with Gasteiger partial charge in [-0.05, 0) is 36.9 Å². The highest BCUT2D eigenvalue weighted by Crippen LogP contribution is 2.29. The van der Waals surface area contributed by atoms with Crippen LogP contribution in [0.5, 0.6) is 0 Å². The zero-order valence-electron chi connectivity index (χ0n) is 15.0. The fourth-order valence-electron chi connectivity index (χ4n) is 3.21. The number of nitrogens with zero attached hydrogens (tertiary/aromatic N) is 2. The van der Waals surface area contributed by atoms with Crippen molar-refractivity contribution in [2.24, 2.45) is 0 Å². The van der Waals surface area contributed by atoms with Crippen LogP contribution < -0.4 is 10.6 Å². The lowest BCUT2D eigenvalue weighted by Crippen LogP contribution is -2.58. The molecule has 2 amide bonds. The molecule has 0 radical (unpaired) electrons. The molecule has 10 heteroatoms. The molecular weight excluding hydrogens is 384 g/mol. The highest BCUT2D eigenvalue weighted by molar-refractivity contribution is 7.90. The van der Waals surface area contributed by atoms with Crippen molar-refractivity contribution >= 4 is 27.5 Å². The average Bonchev–Trinajstić information content (AvgIpc) is 3.11. The molecule has 2 N–H and O–H groups in total. The molecule has 2 aliphatic heterocycles. The number of methoxy groups -OCH3 is 1. The second kappa shape index (κ2) is 6.41. The smallest absolute Gasteiger partial charge is 0.273 e. The van der Waals surface area contributed by atoms with E-state index >= 15 is 0 Å². The average molecular weight is 402 g/mol. The Morgan fingerprint density at radius 2 is 2.07 bits per heavy atom. The predicted molar refractivity (Wildman–Crippen MR) is 100 cm³/mol. The van der Waals surface area contributed by atoms with Crippen molar-refractivity contribution in [3.05, 3.63) is 60.2 Å². The van der Waals surface area contributed by atoms with Gasteiger partial charge in [0.05, 0.1) is 18.8 Å². The fraction of sp³-hybridized carbons (Fsp3) is 0.222. The summed E-state index contributed by atoms with van der Waals surface area (Å²) in [6, 6.07) is 6.96. The van der Waals surface area contributed by atoms with Gasteiger partial charge in [-0.3, -0.25) is 9.59 Å². The maximum absolute atomic E-state index is 12.8. The molecule has 1 aromatic carbocycles. The number of benzene rings is 1. The largest absolute Gasteiger partial charge is 0.483 e. The summed E-state index contributed by atoms with van der Waals surface area (Å²) in [5.41, 5.74) is 0.337. The molecule has 0 saturated carbocycles. The minimum Gasteiger partial charge on any atom is -0.483 e. The van der Waals surface area contributed by atoms with Gasteiger partial charge in [-0.1, -0.05) is 0 Å². The summed E-state index contributed by atoms with van der Waals surface area (Å²) in [7, 11) is -2.40.